The summed E-state index contributed by atoms with van der Waals surface area (Å²) in [5, 5.41) is 0.984. The summed E-state index contributed by atoms with van der Waals surface area (Å²) in [6.45, 7) is 4.12. The molecule has 18 heavy (non-hydrogen) atoms. The minimum absolute atomic E-state index is 0.0675. The monoisotopic (exact) mass is 285 g/mol. The molecule has 4 heteroatoms. The Bertz CT molecular complexity index is 391. The Morgan fingerprint density at radius 2 is 2.06 bits per heavy atom. The van der Waals surface area contributed by atoms with Crippen LogP contribution in [0.5, 0.6) is 0 Å². The van der Waals surface area contributed by atoms with E-state index in [9.17, 15) is 4.39 Å². The summed E-state index contributed by atoms with van der Waals surface area (Å²) < 4.78 is 13.5. The highest BCUT2D eigenvalue weighted by atomic mass is 32.2. The minimum Gasteiger partial charge on any atom is -0.323 e. The maximum absolute atomic E-state index is 13.5. The highest BCUT2D eigenvalue weighted by Crippen LogP contribution is 2.39. The van der Waals surface area contributed by atoms with Gasteiger partial charge in [-0.2, -0.15) is 23.5 Å². The van der Waals surface area contributed by atoms with Gasteiger partial charge in [0.25, 0.3) is 0 Å². The Balaban J connectivity index is 2.20. The quantitative estimate of drug-likeness (QED) is 0.915. The standard InChI is InChI=1S/C14H20FNS2/c1-3-12-14(18-5-4-17-12)13(16)10-6-9(2)7-11(15)8-10/h6-8,12-14H,3-5,16H2,1-2H3. The van der Waals surface area contributed by atoms with Gasteiger partial charge in [0.2, 0.25) is 0 Å². The molecule has 0 radical (unpaired) electrons. The zero-order valence-electron chi connectivity index (χ0n) is 10.9. The Kier molecular flexibility index (Phi) is 4.98. The van der Waals surface area contributed by atoms with E-state index in [1.807, 2.05) is 36.5 Å². The van der Waals surface area contributed by atoms with Crippen LogP contribution in [0.15, 0.2) is 18.2 Å². The van der Waals surface area contributed by atoms with Crippen molar-refractivity contribution in [3.63, 3.8) is 0 Å². The second-order valence-electron chi connectivity index (χ2n) is 4.74. The number of benzene rings is 1. The first kappa shape index (κ1) is 14.2. The predicted octanol–water partition coefficient (Wildman–Crippen LogP) is 3.76. The number of nitrogens with two attached hydrogens (primary N) is 1. The van der Waals surface area contributed by atoms with Gasteiger partial charge in [-0.1, -0.05) is 13.0 Å². The lowest BCUT2D eigenvalue weighted by Gasteiger charge is -2.34. The summed E-state index contributed by atoms with van der Waals surface area (Å²) in [6.07, 6.45) is 1.13. The van der Waals surface area contributed by atoms with Crippen LogP contribution < -0.4 is 5.73 Å². The predicted molar refractivity (Wildman–Crippen MR) is 80.8 cm³/mol. The molecule has 1 saturated heterocycles. The van der Waals surface area contributed by atoms with Crippen LogP contribution in [-0.4, -0.2) is 22.0 Å². The molecule has 0 amide bonds. The minimum atomic E-state index is -0.179. The van der Waals surface area contributed by atoms with Gasteiger partial charge in [0, 0.05) is 28.0 Å². The SMILES string of the molecule is CCC1SCCSC1C(N)c1cc(C)cc(F)c1. The highest BCUT2D eigenvalue weighted by Gasteiger charge is 2.31. The number of halogens is 1. The first-order valence-corrected chi connectivity index (χ1v) is 8.47. The van der Waals surface area contributed by atoms with Gasteiger partial charge in [0.05, 0.1) is 0 Å². The van der Waals surface area contributed by atoms with Gasteiger partial charge in [-0.25, -0.2) is 4.39 Å². The molecule has 1 aromatic rings. The maximum Gasteiger partial charge on any atom is 0.123 e. The van der Waals surface area contributed by atoms with E-state index in [1.165, 1.54) is 5.75 Å². The van der Waals surface area contributed by atoms with Crippen molar-refractivity contribution in [2.75, 3.05) is 11.5 Å². The molecular weight excluding hydrogens is 265 g/mol. The van der Waals surface area contributed by atoms with Crippen molar-refractivity contribution in [3.8, 4) is 0 Å². The van der Waals surface area contributed by atoms with Crippen molar-refractivity contribution in [2.45, 2.75) is 36.8 Å². The fourth-order valence-electron chi connectivity index (χ4n) is 2.42. The van der Waals surface area contributed by atoms with Crippen LogP contribution in [0.25, 0.3) is 0 Å². The van der Waals surface area contributed by atoms with E-state index in [-0.39, 0.29) is 11.9 Å². The molecule has 0 aliphatic carbocycles. The van der Waals surface area contributed by atoms with E-state index in [0.717, 1.165) is 23.3 Å². The normalized spacial score (nSPS) is 26.0. The van der Waals surface area contributed by atoms with Crippen LogP contribution >= 0.6 is 23.5 Å². The summed E-state index contributed by atoms with van der Waals surface area (Å²) in [5.41, 5.74) is 8.25. The maximum atomic E-state index is 13.5. The van der Waals surface area contributed by atoms with Gasteiger partial charge in [-0.3, -0.25) is 0 Å². The first-order valence-electron chi connectivity index (χ1n) is 6.37. The molecule has 3 atom stereocenters. The van der Waals surface area contributed by atoms with E-state index >= 15 is 0 Å². The summed E-state index contributed by atoms with van der Waals surface area (Å²) in [6, 6.07) is 5.09. The lowest BCUT2D eigenvalue weighted by atomic mass is 9.99. The molecule has 1 aliphatic heterocycles. The van der Waals surface area contributed by atoms with E-state index in [0.29, 0.717) is 10.5 Å². The second-order valence-corrected chi connectivity index (χ2v) is 7.37. The van der Waals surface area contributed by atoms with E-state index in [1.54, 1.807) is 12.1 Å². The Morgan fingerprint density at radius 1 is 1.33 bits per heavy atom. The van der Waals surface area contributed by atoms with Crippen LogP contribution in [0, 0.1) is 12.7 Å². The molecule has 0 bridgehead atoms. The lowest BCUT2D eigenvalue weighted by Crippen LogP contribution is -2.35. The Morgan fingerprint density at radius 3 is 2.72 bits per heavy atom. The third kappa shape index (κ3) is 3.22. The van der Waals surface area contributed by atoms with Crippen LogP contribution in [0.1, 0.15) is 30.5 Å². The smallest absolute Gasteiger partial charge is 0.123 e. The number of thioether (sulfide) groups is 2. The molecule has 0 saturated carbocycles. The first-order chi connectivity index (χ1) is 8.61. The van der Waals surface area contributed by atoms with Crippen LogP contribution in [0.2, 0.25) is 0 Å². The second kappa shape index (κ2) is 6.31. The third-order valence-corrected chi connectivity index (χ3v) is 6.67. The number of hydrogen-bond donors (Lipinski definition) is 1. The van der Waals surface area contributed by atoms with Gasteiger partial charge in [0.1, 0.15) is 5.82 Å². The van der Waals surface area contributed by atoms with Gasteiger partial charge in [0.15, 0.2) is 0 Å². The fourth-order valence-corrected chi connectivity index (χ4v) is 5.60. The average molecular weight is 285 g/mol. The molecular formula is C14H20FNS2. The Hall–Kier alpha value is -0.190. The average Bonchev–Trinajstić information content (AvgIpc) is 2.36. The highest BCUT2D eigenvalue weighted by molar-refractivity contribution is 8.07. The topological polar surface area (TPSA) is 26.0 Å². The van der Waals surface area contributed by atoms with Crippen molar-refractivity contribution in [2.24, 2.45) is 5.73 Å². The van der Waals surface area contributed by atoms with Crippen LogP contribution in [0.4, 0.5) is 4.39 Å². The van der Waals surface area contributed by atoms with Gasteiger partial charge in [-0.05, 0) is 36.6 Å². The molecule has 3 unspecified atom stereocenters. The molecule has 1 fully saturated rings. The molecule has 1 aromatic carbocycles. The van der Waals surface area contributed by atoms with Crippen molar-refractivity contribution in [3.05, 3.63) is 35.1 Å². The largest absolute Gasteiger partial charge is 0.323 e. The fraction of sp³-hybridized carbons (Fsp3) is 0.571. The molecule has 100 valence electrons. The Labute approximate surface area is 117 Å². The molecule has 0 aromatic heterocycles. The van der Waals surface area contributed by atoms with Crippen LogP contribution in [-0.2, 0) is 0 Å². The zero-order valence-corrected chi connectivity index (χ0v) is 12.5. The summed E-state index contributed by atoms with van der Waals surface area (Å²) in [4.78, 5) is 0. The van der Waals surface area contributed by atoms with Crippen LogP contribution in [0.3, 0.4) is 0 Å². The lowest BCUT2D eigenvalue weighted by molar-refractivity contribution is 0.602. The van der Waals surface area contributed by atoms with Gasteiger partial charge >= 0.3 is 0 Å². The molecule has 2 N–H and O–H groups in total. The summed E-state index contributed by atoms with van der Waals surface area (Å²) in [5.74, 6) is 2.17. The van der Waals surface area contributed by atoms with Crippen molar-refractivity contribution in [1.29, 1.82) is 0 Å². The summed E-state index contributed by atoms with van der Waals surface area (Å²) >= 11 is 3.95. The number of aryl methyl sites for hydroxylation is 1. The van der Waals surface area contributed by atoms with Gasteiger partial charge < -0.3 is 5.73 Å². The molecule has 1 aliphatic rings. The molecule has 2 rings (SSSR count). The van der Waals surface area contributed by atoms with E-state index in [4.69, 9.17) is 5.73 Å². The number of hydrogen-bond acceptors (Lipinski definition) is 3. The van der Waals surface area contributed by atoms with Crippen molar-refractivity contribution in [1.82, 2.24) is 0 Å². The zero-order chi connectivity index (χ0) is 13.1. The van der Waals surface area contributed by atoms with E-state index in [2.05, 4.69) is 6.92 Å². The third-order valence-electron chi connectivity index (χ3n) is 3.30. The van der Waals surface area contributed by atoms with Crippen molar-refractivity contribution >= 4 is 23.5 Å². The van der Waals surface area contributed by atoms with E-state index < -0.39 is 0 Å². The summed E-state index contributed by atoms with van der Waals surface area (Å²) in [7, 11) is 0. The van der Waals surface area contributed by atoms with Crippen molar-refractivity contribution < 1.29 is 4.39 Å². The molecule has 0 spiro atoms. The number of rotatable bonds is 3. The van der Waals surface area contributed by atoms with Gasteiger partial charge in [-0.15, -0.1) is 0 Å². The molecule has 1 heterocycles. The molecule has 1 nitrogen and oxygen atoms in total.